The van der Waals surface area contributed by atoms with Gasteiger partial charge in [0.15, 0.2) is 5.82 Å². The molecule has 1 aliphatic rings. The zero-order valence-corrected chi connectivity index (χ0v) is 22.5. The van der Waals surface area contributed by atoms with Crippen molar-refractivity contribution in [3.05, 3.63) is 77.6 Å². The van der Waals surface area contributed by atoms with Gasteiger partial charge in [-0.2, -0.15) is 0 Å². The van der Waals surface area contributed by atoms with Crippen LogP contribution in [0, 0.1) is 11.6 Å². The summed E-state index contributed by atoms with van der Waals surface area (Å²) in [6.07, 6.45) is 3.35. The maximum atomic E-state index is 15.5. The number of piperazine rings is 1. The summed E-state index contributed by atoms with van der Waals surface area (Å²) in [6, 6.07) is 11.7. The number of rotatable bonds is 8. The Bertz CT molecular complexity index is 1630. The van der Waals surface area contributed by atoms with E-state index in [0.29, 0.717) is 17.5 Å². The number of fused-ring (bicyclic) bond motifs is 1. The van der Waals surface area contributed by atoms with Crippen molar-refractivity contribution >= 4 is 38.2 Å². The standard InChI is InChI=1S/C28H29F2N5O3S/c1-3-14-39(37,38)34(2)24-9-8-23(29)25(26(24)30)27(36)22-17-33-28-21(22)15-19(16-32-28)18-4-6-20(7-5-18)35-12-10-31-11-13-35/h4-9,15-17,31H,3,10-14H2,1-2H3,(H,32,33). The summed E-state index contributed by atoms with van der Waals surface area (Å²) in [5.74, 6) is -3.43. The number of aromatic amines is 1. The van der Waals surface area contributed by atoms with Crippen LogP contribution in [0.15, 0.2) is 54.9 Å². The van der Waals surface area contributed by atoms with E-state index in [1.165, 1.54) is 13.2 Å². The summed E-state index contributed by atoms with van der Waals surface area (Å²) in [7, 11) is -2.65. The van der Waals surface area contributed by atoms with Gasteiger partial charge in [-0.1, -0.05) is 19.1 Å². The molecular formula is C28H29F2N5O3S. The second-order valence-corrected chi connectivity index (χ2v) is 11.6. The molecule has 204 valence electrons. The van der Waals surface area contributed by atoms with Crippen LogP contribution in [0.5, 0.6) is 0 Å². The lowest BCUT2D eigenvalue weighted by atomic mass is 9.99. The van der Waals surface area contributed by atoms with Crippen molar-refractivity contribution in [2.75, 3.05) is 48.2 Å². The number of nitrogens with zero attached hydrogens (tertiary/aromatic N) is 3. The van der Waals surface area contributed by atoms with E-state index in [-0.39, 0.29) is 11.3 Å². The molecule has 0 unspecified atom stereocenters. The highest BCUT2D eigenvalue weighted by Gasteiger charge is 2.28. The fourth-order valence-corrected chi connectivity index (χ4v) is 6.04. The van der Waals surface area contributed by atoms with E-state index in [9.17, 15) is 17.6 Å². The first-order chi connectivity index (χ1) is 18.7. The van der Waals surface area contributed by atoms with E-state index < -0.39 is 38.7 Å². The zero-order chi connectivity index (χ0) is 27.7. The second-order valence-electron chi connectivity index (χ2n) is 9.47. The number of halogens is 2. The predicted molar refractivity (Wildman–Crippen MR) is 149 cm³/mol. The molecule has 11 heteroatoms. The van der Waals surface area contributed by atoms with E-state index in [2.05, 4.69) is 20.2 Å². The molecule has 4 aromatic rings. The smallest absolute Gasteiger partial charge is 0.234 e. The topological polar surface area (TPSA) is 98.4 Å². The number of anilines is 2. The summed E-state index contributed by atoms with van der Waals surface area (Å²) in [5, 5.41) is 3.74. The number of carbonyl (C=O) groups is 1. The molecule has 1 fully saturated rings. The van der Waals surface area contributed by atoms with Crippen molar-refractivity contribution in [1.29, 1.82) is 0 Å². The molecule has 0 radical (unpaired) electrons. The number of hydrogen-bond donors (Lipinski definition) is 2. The third-order valence-corrected chi connectivity index (χ3v) is 8.93. The van der Waals surface area contributed by atoms with Crippen LogP contribution in [-0.2, 0) is 10.0 Å². The van der Waals surface area contributed by atoms with Gasteiger partial charge in [0.1, 0.15) is 11.5 Å². The number of H-pyrrole nitrogens is 1. The second kappa shape index (κ2) is 10.7. The van der Waals surface area contributed by atoms with Crippen molar-refractivity contribution in [1.82, 2.24) is 15.3 Å². The number of ketones is 1. The Morgan fingerprint density at radius 3 is 2.49 bits per heavy atom. The maximum absolute atomic E-state index is 15.5. The van der Waals surface area contributed by atoms with Gasteiger partial charge in [0.25, 0.3) is 0 Å². The van der Waals surface area contributed by atoms with E-state index in [4.69, 9.17) is 0 Å². The molecule has 5 rings (SSSR count). The Labute approximate surface area is 225 Å². The first kappa shape index (κ1) is 26.8. The quantitative estimate of drug-likeness (QED) is 0.316. The third kappa shape index (κ3) is 5.11. The highest BCUT2D eigenvalue weighted by Crippen LogP contribution is 2.31. The third-order valence-electron chi connectivity index (χ3n) is 6.97. The van der Waals surface area contributed by atoms with Crippen LogP contribution >= 0.6 is 0 Å². The highest BCUT2D eigenvalue weighted by molar-refractivity contribution is 7.92. The first-order valence-electron chi connectivity index (χ1n) is 12.7. The summed E-state index contributed by atoms with van der Waals surface area (Å²) in [6.45, 7) is 5.40. The van der Waals surface area contributed by atoms with Gasteiger partial charge in [-0.15, -0.1) is 0 Å². The van der Waals surface area contributed by atoms with Crippen LogP contribution in [0.25, 0.3) is 22.2 Å². The lowest BCUT2D eigenvalue weighted by Crippen LogP contribution is -2.43. The minimum atomic E-state index is -3.84. The Balaban J connectivity index is 1.50. The summed E-state index contributed by atoms with van der Waals surface area (Å²) >= 11 is 0. The predicted octanol–water partition coefficient (Wildman–Crippen LogP) is 4.32. The SMILES string of the molecule is CCCS(=O)(=O)N(C)c1ccc(F)c(C(=O)c2c[nH]c3ncc(-c4ccc(N5CCNCC5)cc4)cc23)c1F. The number of hydrogen-bond acceptors (Lipinski definition) is 6. The van der Waals surface area contributed by atoms with E-state index in [1.54, 1.807) is 19.2 Å². The summed E-state index contributed by atoms with van der Waals surface area (Å²) < 4.78 is 56.1. The molecule has 3 heterocycles. The zero-order valence-electron chi connectivity index (χ0n) is 21.7. The largest absolute Gasteiger partial charge is 0.369 e. The fraction of sp³-hybridized carbons (Fsp3) is 0.286. The monoisotopic (exact) mass is 553 g/mol. The van der Waals surface area contributed by atoms with Gasteiger partial charge in [0, 0.05) is 67.8 Å². The number of benzene rings is 2. The molecule has 2 aromatic heterocycles. The normalized spacial score (nSPS) is 14.1. The fourth-order valence-electron chi connectivity index (χ4n) is 4.81. The number of pyridine rings is 1. The molecule has 1 saturated heterocycles. The average Bonchev–Trinajstić information content (AvgIpc) is 3.37. The minimum absolute atomic E-state index is 0.0332. The van der Waals surface area contributed by atoms with Gasteiger partial charge in [-0.25, -0.2) is 22.2 Å². The molecule has 0 spiro atoms. The van der Waals surface area contributed by atoms with Crippen LogP contribution in [0.3, 0.4) is 0 Å². The highest BCUT2D eigenvalue weighted by atomic mass is 32.2. The van der Waals surface area contributed by atoms with Crippen LogP contribution in [-0.4, -0.2) is 63.1 Å². The lowest BCUT2D eigenvalue weighted by molar-refractivity contribution is 0.103. The van der Waals surface area contributed by atoms with Crippen molar-refractivity contribution < 1.29 is 22.0 Å². The van der Waals surface area contributed by atoms with Gasteiger partial charge in [-0.3, -0.25) is 9.10 Å². The van der Waals surface area contributed by atoms with E-state index >= 15 is 4.39 Å². The van der Waals surface area contributed by atoms with Crippen molar-refractivity contribution in [3.8, 4) is 11.1 Å². The molecular weight excluding hydrogens is 524 g/mol. The summed E-state index contributed by atoms with van der Waals surface area (Å²) in [5.41, 5.74) is 1.94. The van der Waals surface area contributed by atoms with Crippen LogP contribution < -0.4 is 14.5 Å². The number of nitrogens with one attached hydrogen (secondary N) is 2. The summed E-state index contributed by atoms with van der Waals surface area (Å²) in [4.78, 5) is 23.1. The molecule has 0 amide bonds. The van der Waals surface area contributed by atoms with Gasteiger partial charge in [-0.05, 0) is 42.3 Å². The average molecular weight is 554 g/mol. The molecule has 2 N–H and O–H groups in total. The molecule has 1 aliphatic heterocycles. The van der Waals surface area contributed by atoms with Gasteiger partial charge in [0.05, 0.1) is 17.0 Å². The molecule has 0 aliphatic carbocycles. The van der Waals surface area contributed by atoms with Crippen molar-refractivity contribution in [2.45, 2.75) is 13.3 Å². The van der Waals surface area contributed by atoms with Crippen LogP contribution in [0.1, 0.15) is 29.3 Å². The van der Waals surface area contributed by atoms with Gasteiger partial charge in [0.2, 0.25) is 15.8 Å². The Hall–Kier alpha value is -3.83. The number of sulfonamides is 1. The van der Waals surface area contributed by atoms with E-state index in [0.717, 1.165) is 59.4 Å². The van der Waals surface area contributed by atoms with Crippen LogP contribution in [0.4, 0.5) is 20.2 Å². The van der Waals surface area contributed by atoms with Crippen LogP contribution in [0.2, 0.25) is 0 Å². The van der Waals surface area contributed by atoms with Crippen molar-refractivity contribution in [3.63, 3.8) is 0 Å². The Kier molecular flexibility index (Phi) is 7.37. The molecule has 0 bridgehead atoms. The molecule has 0 atom stereocenters. The minimum Gasteiger partial charge on any atom is -0.369 e. The molecule has 8 nitrogen and oxygen atoms in total. The van der Waals surface area contributed by atoms with Crippen molar-refractivity contribution in [2.24, 2.45) is 0 Å². The lowest BCUT2D eigenvalue weighted by Gasteiger charge is -2.29. The molecule has 39 heavy (non-hydrogen) atoms. The number of carbonyl (C=O) groups excluding carboxylic acids is 1. The number of aromatic nitrogens is 2. The molecule has 2 aromatic carbocycles. The van der Waals surface area contributed by atoms with Gasteiger partial charge < -0.3 is 15.2 Å². The first-order valence-corrected chi connectivity index (χ1v) is 14.3. The van der Waals surface area contributed by atoms with Gasteiger partial charge >= 0.3 is 0 Å². The Morgan fingerprint density at radius 2 is 1.79 bits per heavy atom. The maximum Gasteiger partial charge on any atom is 0.234 e. The van der Waals surface area contributed by atoms with E-state index in [1.807, 2.05) is 24.3 Å². The Morgan fingerprint density at radius 1 is 1.08 bits per heavy atom. The molecule has 0 saturated carbocycles.